The van der Waals surface area contributed by atoms with E-state index in [-0.39, 0.29) is 38.0 Å². The fraction of sp³-hybridized carbons (Fsp3) is 0.632. The van der Waals surface area contributed by atoms with Gasteiger partial charge in [0.05, 0.1) is 30.4 Å². The summed E-state index contributed by atoms with van der Waals surface area (Å²) < 4.78 is 63.5. The lowest BCUT2D eigenvalue weighted by molar-refractivity contribution is -0.137. The summed E-state index contributed by atoms with van der Waals surface area (Å²) in [6.45, 7) is 2.12. The molecule has 0 aliphatic carbocycles. The number of sulfonamides is 1. The Labute approximate surface area is 174 Å². The second kappa shape index (κ2) is 8.81. The van der Waals surface area contributed by atoms with Crippen LogP contribution in [0.25, 0.3) is 0 Å². The van der Waals surface area contributed by atoms with Crippen LogP contribution in [0.3, 0.4) is 0 Å². The van der Waals surface area contributed by atoms with Crippen LogP contribution >= 0.6 is 0 Å². The molecule has 0 saturated carbocycles. The molecule has 11 heteroatoms. The van der Waals surface area contributed by atoms with Crippen molar-refractivity contribution >= 4 is 15.9 Å². The first-order valence-electron chi connectivity index (χ1n) is 9.74. The number of nitrogens with zero attached hydrogens (tertiary/aromatic N) is 3. The molecule has 0 bridgehead atoms. The van der Waals surface area contributed by atoms with Gasteiger partial charge in [-0.1, -0.05) is 12.1 Å². The van der Waals surface area contributed by atoms with Gasteiger partial charge in [-0.25, -0.2) is 8.42 Å². The van der Waals surface area contributed by atoms with Gasteiger partial charge in [0.15, 0.2) is 0 Å². The van der Waals surface area contributed by atoms with Gasteiger partial charge in [-0.3, -0.25) is 9.69 Å². The monoisotopic (exact) mass is 449 g/mol. The molecule has 7 nitrogen and oxygen atoms in total. The molecule has 1 amide bonds. The van der Waals surface area contributed by atoms with Crippen molar-refractivity contribution in [2.24, 2.45) is 0 Å². The van der Waals surface area contributed by atoms with Gasteiger partial charge in [-0.05, 0) is 24.1 Å². The number of alkyl halides is 3. The minimum absolute atomic E-state index is 0.0594. The van der Waals surface area contributed by atoms with Gasteiger partial charge >= 0.3 is 6.18 Å². The van der Waals surface area contributed by atoms with Crippen molar-refractivity contribution in [1.29, 1.82) is 0 Å². The Balaban J connectivity index is 1.71. The largest absolute Gasteiger partial charge is 0.416 e. The molecule has 2 atom stereocenters. The van der Waals surface area contributed by atoms with Crippen molar-refractivity contribution in [3.05, 3.63) is 35.4 Å². The van der Waals surface area contributed by atoms with E-state index < -0.39 is 27.9 Å². The van der Waals surface area contributed by atoms with Crippen molar-refractivity contribution in [2.75, 3.05) is 45.5 Å². The van der Waals surface area contributed by atoms with Crippen LogP contribution < -0.4 is 0 Å². The zero-order valence-electron chi connectivity index (χ0n) is 16.7. The first kappa shape index (κ1) is 23.0. The first-order chi connectivity index (χ1) is 13.9. The van der Waals surface area contributed by atoms with Crippen LogP contribution in [-0.4, -0.2) is 91.2 Å². The number of piperazine rings is 1. The number of β-amino-alcohol motifs (C(OH)–C–C–N with tert-alkyl or cyclic N) is 1. The van der Waals surface area contributed by atoms with Gasteiger partial charge in [0.2, 0.25) is 15.9 Å². The molecule has 2 fully saturated rings. The van der Waals surface area contributed by atoms with Crippen LogP contribution in [0.4, 0.5) is 13.2 Å². The van der Waals surface area contributed by atoms with Gasteiger partial charge in [0.1, 0.15) is 0 Å². The number of hydrogen-bond donors (Lipinski definition) is 1. The highest BCUT2D eigenvalue weighted by atomic mass is 32.2. The average molecular weight is 449 g/mol. The Kier molecular flexibility index (Phi) is 6.75. The lowest BCUT2D eigenvalue weighted by Gasteiger charge is -2.42. The van der Waals surface area contributed by atoms with Crippen LogP contribution in [0.5, 0.6) is 0 Å². The lowest BCUT2D eigenvalue weighted by atomic mass is 10.1. The molecule has 2 heterocycles. The number of carbonyl (C=O) groups excluding carboxylic acids is 1. The number of rotatable bonds is 5. The van der Waals surface area contributed by atoms with Gasteiger partial charge in [0.25, 0.3) is 0 Å². The number of benzene rings is 1. The van der Waals surface area contributed by atoms with Crippen molar-refractivity contribution in [2.45, 2.75) is 31.2 Å². The van der Waals surface area contributed by atoms with E-state index in [9.17, 15) is 31.5 Å². The van der Waals surface area contributed by atoms with E-state index in [1.807, 2.05) is 4.90 Å². The predicted octanol–water partition coefficient (Wildman–Crippen LogP) is 0.787. The number of aliphatic hydroxyl groups is 1. The molecule has 1 N–H and O–H groups in total. The highest BCUT2D eigenvalue weighted by Gasteiger charge is 2.36. The SMILES string of the molecule is CS(=O)(=O)N1CCN(C(=O)Cc2ccc(C(F)(F)F)cc2)C(CN2CCC(O)C2)C1. The molecule has 0 spiro atoms. The standard InChI is InChI=1S/C19H26F3N3O4S/c1-30(28,29)24-8-9-25(16(12-24)11-23-7-6-17(26)13-23)18(27)10-14-2-4-15(5-3-14)19(20,21)22/h2-5,16-17,26H,6-13H2,1H3. The summed E-state index contributed by atoms with van der Waals surface area (Å²) in [5.41, 5.74) is -0.306. The molecule has 2 aliphatic heterocycles. The maximum Gasteiger partial charge on any atom is 0.416 e. The molecule has 168 valence electrons. The third-order valence-electron chi connectivity index (χ3n) is 5.59. The highest BCUT2D eigenvalue weighted by molar-refractivity contribution is 7.88. The summed E-state index contributed by atoms with van der Waals surface area (Å²) in [6, 6.07) is 4.10. The number of aliphatic hydroxyl groups excluding tert-OH is 1. The van der Waals surface area contributed by atoms with Gasteiger partial charge in [-0.15, -0.1) is 0 Å². The fourth-order valence-electron chi connectivity index (χ4n) is 3.98. The van der Waals surface area contributed by atoms with Crippen LogP contribution in [-0.2, 0) is 27.4 Å². The second-order valence-electron chi connectivity index (χ2n) is 7.94. The minimum atomic E-state index is -4.43. The van der Waals surface area contributed by atoms with Crippen LogP contribution in [0.2, 0.25) is 0 Å². The van der Waals surface area contributed by atoms with Gasteiger partial charge < -0.3 is 10.0 Å². The lowest BCUT2D eigenvalue weighted by Crippen LogP contribution is -2.59. The summed E-state index contributed by atoms with van der Waals surface area (Å²) in [7, 11) is -3.41. The first-order valence-corrected chi connectivity index (χ1v) is 11.6. The Bertz CT molecular complexity index is 861. The maximum atomic E-state index is 12.9. The van der Waals surface area contributed by atoms with Crippen LogP contribution in [0.1, 0.15) is 17.5 Å². The van der Waals surface area contributed by atoms with E-state index >= 15 is 0 Å². The second-order valence-corrected chi connectivity index (χ2v) is 9.92. The maximum absolute atomic E-state index is 12.9. The van der Waals surface area contributed by atoms with Crippen molar-refractivity contribution in [3.8, 4) is 0 Å². The zero-order valence-corrected chi connectivity index (χ0v) is 17.5. The molecule has 1 aromatic carbocycles. The summed E-state index contributed by atoms with van der Waals surface area (Å²) in [5, 5.41) is 9.75. The molecule has 2 saturated heterocycles. The molecular formula is C19H26F3N3O4S. The topological polar surface area (TPSA) is 81.2 Å². The third kappa shape index (κ3) is 5.71. The van der Waals surface area contributed by atoms with E-state index in [0.29, 0.717) is 31.6 Å². The van der Waals surface area contributed by atoms with Crippen LogP contribution in [0, 0.1) is 0 Å². The normalized spacial score (nSPS) is 24.4. The van der Waals surface area contributed by atoms with Crippen molar-refractivity contribution in [1.82, 2.24) is 14.1 Å². The van der Waals surface area contributed by atoms with Crippen molar-refractivity contribution < 1.29 is 31.5 Å². The Hall–Kier alpha value is -1.69. The summed E-state index contributed by atoms with van der Waals surface area (Å²) in [6.07, 6.45) is -3.17. The molecule has 30 heavy (non-hydrogen) atoms. The van der Waals surface area contributed by atoms with E-state index in [4.69, 9.17) is 0 Å². The predicted molar refractivity (Wildman–Crippen MR) is 104 cm³/mol. The smallest absolute Gasteiger partial charge is 0.392 e. The van der Waals surface area contributed by atoms with E-state index in [2.05, 4.69) is 0 Å². The number of halogens is 3. The zero-order chi connectivity index (χ0) is 22.1. The molecule has 3 rings (SSSR count). The molecule has 2 unspecified atom stereocenters. The van der Waals surface area contributed by atoms with Crippen LogP contribution in [0.15, 0.2) is 24.3 Å². The Morgan fingerprint density at radius 3 is 2.33 bits per heavy atom. The van der Waals surface area contributed by atoms with Gasteiger partial charge in [0, 0.05) is 39.3 Å². The number of amides is 1. The fourth-order valence-corrected chi connectivity index (χ4v) is 4.83. The summed E-state index contributed by atoms with van der Waals surface area (Å²) in [4.78, 5) is 16.5. The molecule has 1 aromatic rings. The number of likely N-dealkylation sites (tertiary alicyclic amines) is 1. The van der Waals surface area contributed by atoms with E-state index in [0.717, 1.165) is 18.4 Å². The average Bonchev–Trinajstić information content (AvgIpc) is 3.05. The van der Waals surface area contributed by atoms with E-state index in [1.54, 1.807) is 4.90 Å². The minimum Gasteiger partial charge on any atom is -0.392 e. The van der Waals surface area contributed by atoms with Crippen molar-refractivity contribution in [3.63, 3.8) is 0 Å². The third-order valence-corrected chi connectivity index (χ3v) is 6.86. The Morgan fingerprint density at radius 2 is 1.80 bits per heavy atom. The summed E-state index contributed by atoms with van der Waals surface area (Å²) in [5.74, 6) is -0.257. The number of hydrogen-bond acceptors (Lipinski definition) is 5. The summed E-state index contributed by atoms with van der Waals surface area (Å²) >= 11 is 0. The quantitative estimate of drug-likeness (QED) is 0.719. The number of carbonyl (C=O) groups is 1. The molecule has 2 aliphatic rings. The van der Waals surface area contributed by atoms with Gasteiger partial charge in [-0.2, -0.15) is 17.5 Å². The molecule has 0 aromatic heterocycles. The van der Waals surface area contributed by atoms with E-state index in [1.165, 1.54) is 16.4 Å². The molecular weight excluding hydrogens is 423 g/mol. The molecule has 0 radical (unpaired) electrons. The highest BCUT2D eigenvalue weighted by Crippen LogP contribution is 2.29. The Morgan fingerprint density at radius 1 is 1.13 bits per heavy atom.